The molecule has 2 fully saturated rings. The van der Waals surface area contributed by atoms with Gasteiger partial charge in [-0.2, -0.15) is 5.10 Å². The Morgan fingerprint density at radius 3 is 2.38 bits per heavy atom. The highest BCUT2D eigenvalue weighted by Gasteiger charge is 2.38. The Balaban J connectivity index is 1.55. The van der Waals surface area contributed by atoms with Gasteiger partial charge in [0.1, 0.15) is 0 Å². The van der Waals surface area contributed by atoms with Crippen molar-refractivity contribution in [2.45, 2.75) is 104 Å². The number of aryl methyl sites for hydroxylation is 1. The molecule has 2 aliphatic rings. The summed E-state index contributed by atoms with van der Waals surface area (Å²) in [4.78, 5) is 15.4. The summed E-state index contributed by atoms with van der Waals surface area (Å²) in [7, 11) is 0. The molecule has 1 aromatic heterocycles. The Morgan fingerprint density at radius 2 is 1.72 bits per heavy atom. The summed E-state index contributed by atoms with van der Waals surface area (Å²) in [5.74, 6) is 0.771. The van der Waals surface area contributed by atoms with Gasteiger partial charge < -0.3 is 5.32 Å². The van der Waals surface area contributed by atoms with Crippen molar-refractivity contribution in [1.29, 1.82) is 0 Å². The molecule has 1 aliphatic heterocycles. The van der Waals surface area contributed by atoms with Crippen LogP contribution in [0, 0.1) is 19.8 Å². The smallest absolute Gasteiger partial charge is 0.220 e. The van der Waals surface area contributed by atoms with Crippen LogP contribution in [0.3, 0.4) is 0 Å². The molecule has 29 heavy (non-hydrogen) atoms. The molecular weight excluding hydrogens is 360 g/mol. The van der Waals surface area contributed by atoms with Crippen LogP contribution in [-0.2, 0) is 17.8 Å². The number of amides is 1. The van der Waals surface area contributed by atoms with Gasteiger partial charge in [-0.25, -0.2) is 0 Å². The molecule has 1 saturated heterocycles. The SMILES string of the molecule is Cc1nn(CC(C)C)c(C)c1CCC(=O)NCC1(N2CCCCC2)CCCCC1. The first kappa shape index (κ1) is 22.3. The van der Waals surface area contributed by atoms with Gasteiger partial charge >= 0.3 is 0 Å². The first-order valence-electron chi connectivity index (χ1n) is 12.0. The van der Waals surface area contributed by atoms with Crippen molar-refractivity contribution in [3.8, 4) is 0 Å². The van der Waals surface area contributed by atoms with E-state index in [0.29, 0.717) is 12.3 Å². The lowest BCUT2D eigenvalue weighted by atomic mass is 9.79. The molecule has 5 heteroatoms. The Morgan fingerprint density at radius 1 is 1.07 bits per heavy atom. The minimum absolute atomic E-state index is 0.197. The first-order valence-corrected chi connectivity index (χ1v) is 12.0. The van der Waals surface area contributed by atoms with Crippen LogP contribution < -0.4 is 5.32 Å². The molecule has 0 atom stereocenters. The van der Waals surface area contributed by atoms with E-state index in [1.165, 1.54) is 75.7 Å². The summed E-state index contributed by atoms with van der Waals surface area (Å²) in [5.41, 5.74) is 3.76. The van der Waals surface area contributed by atoms with Crippen LogP contribution in [0.1, 0.15) is 88.6 Å². The summed E-state index contributed by atoms with van der Waals surface area (Å²) in [6.07, 6.45) is 11.8. The third kappa shape index (κ3) is 5.62. The van der Waals surface area contributed by atoms with E-state index in [2.05, 4.69) is 42.6 Å². The Kier molecular flexibility index (Phi) is 7.78. The number of hydrogen-bond donors (Lipinski definition) is 1. The number of carbonyl (C=O) groups excluding carboxylic acids is 1. The largest absolute Gasteiger partial charge is 0.354 e. The molecule has 1 N–H and O–H groups in total. The monoisotopic (exact) mass is 402 g/mol. The van der Waals surface area contributed by atoms with Crippen molar-refractivity contribution in [2.24, 2.45) is 5.92 Å². The fourth-order valence-electron chi connectivity index (χ4n) is 5.39. The number of rotatable bonds is 8. The van der Waals surface area contributed by atoms with Crippen LogP contribution in [-0.4, -0.2) is 45.8 Å². The normalized spacial score (nSPS) is 20.2. The van der Waals surface area contributed by atoms with Crippen LogP contribution >= 0.6 is 0 Å². The highest BCUT2D eigenvalue weighted by molar-refractivity contribution is 5.76. The number of nitrogens with zero attached hydrogens (tertiary/aromatic N) is 3. The third-order valence-corrected chi connectivity index (χ3v) is 7.10. The van der Waals surface area contributed by atoms with Crippen molar-refractivity contribution < 1.29 is 4.79 Å². The zero-order chi connectivity index (χ0) is 20.9. The molecule has 0 spiro atoms. The van der Waals surface area contributed by atoms with Crippen molar-refractivity contribution in [3.05, 3.63) is 17.0 Å². The number of likely N-dealkylation sites (tertiary alicyclic amines) is 1. The molecule has 0 bridgehead atoms. The summed E-state index contributed by atoms with van der Waals surface area (Å²) in [5, 5.41) is 8.03. The van der Waals surface area contributed by atoms with Crippen LogP contribution in [0.15, 0.2) is 0 Å². The lowest BCUT2D eigenvalue weighted by molar-refractivity contribution is -0.122. The molecule has 164 valence electrons. The van der Waals surface area contributed by atoms with Gasteiger partial charge in [-0.3, -0.25) is 14.4 Å². The zero-order valence-corrected chi connectivity index (χ0v) is 19.2. The van der Waals surface area contributed by atoms with Crippen molar-refractivity contribution >= 4 is 5.91 Å². The molecule has 1 amide bonds. The molecule has 1 saturated carbocycles. The van der Waals surface area contributed by atoms with E-state index >= 15 is 0 Å². The number of hydrogen-bond acceptors (Lipinski definition) is 3. The van der Waals surface area contributed by atoms with Gasteiger partial charge in [0.15, 0.2) is 0 Å². The summed E-state index contributed by atoms with van der Waals surface area (Å²) in [6.45, 7) is 12.8. The Bertz CT molecular complexity index is 667. The maximum atomic E-state index is 12.7. The third-order valence-electron chi connectivity index (χ3n) is 7.10. The summed E-state index contributed by atoms with van der Waals surface area (Å²) >= 11 is 0. The average molecular weight is 403 g/mol. The molecule has 1 aromatic rings. The predicted octanol–water partition coefficient (Wildman–Crippen LogP) is 4.39. The van der Waals surface area contributed by atoms with E-state index in [9.17, 15) is 4.79 Å². The first-order chi connectivity index (χ1) is 13.9. The topological polar surface area (TPSA) is 50.2 Å². The molecule has 1 aliphatic carbocycles. The van der Waals surface area contributed by atoms with Gasteiger partial charge in [-0.1, -0.05) is 39.5 Å². The van der Waals surface area contributed by atoms with Gasteiger partial charge in [0.05, 0.1) is 5.69 Å². The van der Waals surface area contributed by atoms with E-state index in [4.69, 9.17) is 5.10 Å². The molecule has 5 nitrogen and oxygen atoms in total. The maximum Gasteiger partial charge on any atom is 0.220 e. The van der Waals surface area contributed by atoms with Crippen molar-refractivity contribution in [1.82, 2.24) is 20.0 Å². The highest BCUT2D eigenvalue weighted by atomic mass is 16.1. The van der Waals surface area contributed by atoms with Crippen LogP contribution in [0.25, 0.3) is 0 Å². The van der Waals surface area contributed by atoms with E-state index in [1.54, 1.807) is 0 Å². The molecule has 0 aromatic carbocycles. The number of nitrogens with one attached hydrogen (secondary N) is 1. The predicted molar refractivity (Wildman–Crippen MR) is 119 cm³/mol. The molecular formula is C24H42N4O. The molecule has 3 rings (SSSR count). The lowest BCUT2D eigenvalue weighted by Gasteiger charge is -2.48. The molecule has 2 heterocycles. The van der Waals surface area contributed by atoms with Crippen molar-refractivity contribution in [2.75, 3.05) is 19.6 Å². The van der Waals surface area contributed by atoms with Gasteiger partial charge in [-0.05, 0) is 70.5 Å². The molecule has 0 unspecified atom stereocenters. The fourth-order valence-corrected chi connectivity index (χ4v) is 5.39. The maximum absolute atomic E-state index is 12.7. The lowest BCUT2D eigenvalue weighted by Crippen LogP contribution is -2.58. The van der Waals surface area contributed by atoms with Gasteiger partial charge in [0.2, 0.25) is 5.91 Å². The van der Waals surface area contributed by atoms with Gasteiger partial charge in [0.25, 0.3) is 0 Å². The van der Waals surface area contributed by atoms with Gasteiger partial charge in [0, 0.05) is 30.7 Å². The summed E-state index contributed by atoms with van der Waals surface area (Å²) in [6, 6.07) is 0. The minimum atomic E-state index is 0.197. The van der Waals surface area contributed by atoms with E-state index in [-0.39, 0.29) is 11.4 Å². The molecule has 0 radical (unpaired) electrons. The second-order valence-corrected chi connectivity index (χ2v) is 9.83. The van der Waals surface area contributed by atoms with Crippen LogP contribution in [0.2, 0.25) is 0 Å². The second-order valence-electron chi connectivity index (χ2n) is 9.83. The van der Waals surface area contributed by atoms with Crippen LogP contribution in [0.5, 0.6) is 0 Å². The second kappa shape index (κ2) is 10.1. The average Bonchev–Trinajstić information content (AvgIpc) is 2.98. The quantitative estimate of drug-likeness (QED) is 0.701. The fraction of sp³-hybridized carbons (Fsp3) is 0.833. The highest BCUT2D eigenvalue weighted by Crippen LogP contribution is 2.35. The van der Waals surface area contributed by atoms with Crippen LogP contribution in [0.4, 0.5) is 0 Å². The van der Waals surface area contributed by atoms with Gasteiger partial charge in [-0.15, -0.1) is 0 Å². The van der Waals surface area contributed by atoms with Crippen molar-refractivity contribution in [3.63, 3.8) is 0 Å². The standard InChI is InChI=1S/C24H42N4O/c1-19(2)17-28-21(4)22(20(3)26-28)11-12-23(29)25-18-24(13-7-5-8-14-24)27-15-9-6-10-16-27/h19H,5-18H2,1-4H3,(H,25,29). The minimum Gasteiger partial charge on any atom is -0.354 e. The number of aromatic nitrogens is 2. The van der Waals surface area contributed by atoms with E-state index in [0.717, 1.165) is 25.2 Å². The summed E-state index contributed by atoms with van der Waals surface area (Å²) < 4.78 is 2.11. The Hall–Kier alpha value is -1.36. The zero-order valence-electron chi connectivity index (χ0n) is 19.2. The number of carbonyl (C=O) groups is 1. The Labute approximate surface area is 177 Å². The van der Waals surface area contributed by atoms with E-state index < -0.39 is 0 Å². The van der Waals surface area contributed by atoms with E-state index in [1.807, 2.05) is 0 Å². The number of piperidine rings is 1.